The molecule has 0 aliphatic carbocycles. The van der Waals surface area contributed by atoms with Crippen LogP contribution in [0, 0.1) is 27.7 Å². The molecule has 0 spiro atoms. The number of nitrogens with zero attached hydrogens (tertiary/aromatic N) is 4. The number of aromatic nitrogens is 2. The molecule has 0 aliphatic rings. The van der Waals surface area contributed by atoms with Crippen LogP contribution in [0.2, 0.25) is 0 Å². The number of fused-ring (bicyclic) bond motifs is 12. The molecule has 0 amide bonds. The van der Waals surface area contributed by atoms with Crippen molar-refractivity contribution >= 4 is 110 Å². The number of rotatable bonds is 6. The van der Waals surface area contributed by atoms with Gasteiger partial charge in [-0.1, -0.05) is 107 Å². The van der Waals surface area contributed by atoms with E-state index in [0.29, 0.717) is 0 Å². The molecule has 0 saturated carbocycles. The van der Waals surface area contributed by atoms with Crippen molar-refractivity contribution in [2.24, 2.45) is 0 Å². The number of para-hydroxylation sites is 2. The third-order valence-corrected chi connectivity index (χ3v) is 13.4. The van der Waals surface area contributed by atoms with E-state index in [1.807, 2.05) is 0 Å². The smallest absolute Gasteiger partial charge is 0.0620 e. The van der Waals surface area contributed by atoms with Gasteiger partial charge in [0.05, 0.1) is 33.1 Å². The van der Waals surface area contributed by atoms with Crippen molar-refractivity contribution in [1.29, 1.82) is 0 Å². The second-order valence-electron chi connectivity index (χ2n) is 17.4. The van der Waals surface area contributed by atoms with E-state index < -0.39 is 0 Å². The van der Waals surface area contributed by atoms with Gasteiger partial charge in [0.25, 0.3) is 0 Å². The van der Waals surface area contributed by atoms with E-state index >= 15 is 0 Å². The lowest BCUT2D eigenvalue weighted by Gasteiger charge is -2.26. The molecule has 0 atom stereocenters. The van der Waals surface area contributed by atoms with Crippen molar-refractivity contribution in [1.82, 2.24) is 8.80 Å². The van der Waals surface area contributed by atoms with Crippen LogP contribution in [-0.2, 0) is 0 Å². The fraction of sp³-hybridized carbons (Fsp3) is 0.0690. The van der Waals surface area contributed by atoms with E-state index in [0.717, 1.165) is 34.1 Å². The average molecular weight is 795 g/mol. The Bertz CT molecular complexity index is 3520. The van der Waals surface area contributed by atoms with Gasteiger partial charge in [0.2, 0.25) is 0 Å². The second-order valence-corrected chi connectivity index (χ2v) is 17.4. The summed E-state index contributed by atoms with van der Waals surface area (Å²) < 4.78 is 5.04. The minimum atomic E-state index is 1.14. The quantitative estimate of drug-likeness (QED) is 0.167. The Kier molecular flexibility index (Phi) is 7.25. The fourth-order valence-electron chi connectivity index (χ4n) is 10.4. The summed E-state index contributed by atoms with van der Waals surface area (Å²) >= 11 is 0. The van der Waals surface area contributed by atoms with Crippen molar-refractivity contribution in [3.8, 4) is 0 Å². The van der Waals surface area contributed by atoms with Gasteiger partial charge in [-0.3, -0.25) is 0 Å². The largest absolute Gasteiger partial charge is 0.310 e. The molecule has 0 bridgehead atoms. The third kappa shape index (κ3) is 4.95. The third-order valence-electron chi connectivity index (χ3n) is 13.4. The molecule has 62 heavy (non-hydrogen) atoms. The Balaban J connectivity index is 1.02. The molecule has 0 unspecified atom stereocenters. The van der Waals surface area contributed by atoms with Gasteiger partial charge in [-0.2, -0.15) is 0 Å². The minimum Gasteiger partial charge on any atom is -0.310 e. The van der Waals surface area contributed by atoms with Gasteiger partial charge < -0.3 is 18.6 Å². The fourth-order valence-corrected chi connectivity index (χ4v) is 10.4. The lowest BCUT2D eigenvalue weighted by atomic mass is 10.0. The molecular formula is C58H42N4. The first-order valence-corrected chi connectivity index (χ1v) is 21.6. The maximum Gasteiger partial charge on any atom is 0.0620 e. The highest BCUT2D eigenvalue weighted by atomic mass is 15.1. The van der Waals surface area contributed by atoms with Gasteiger partial charge in [-0.25, -0.2) is 0 Å². The molecule has 0 fully saturated rings. The van der Waals surface area contributed by atoms with Gasteiger partial charge in [-0.15, -0.1) is 0 Å². The number of benzene rings is 9. The molecular weight excluding hydrogens is 753 g/mol. The SMILES string of the molecule is Cc1ccc(N(c2ccc(C)cc2)c2ccc3c(c2)c2cccc4c5cc6c(cc5n3c24)c2cccc3c4cc(N(c5ccc(C)cc5)c5ccc(C)cc5)ccc4n6c32)cc1. The first-order valence-electron chi connectivity index (χ1n) is 21.6. The molecule has 0 N–H and O–H groups in total. The first-order chi connectivity index (χ1) is 30.4. The summed E-state index contributed by atoms with van der Waals surface area (Å²) in [6.07, 6.45) is 0. The molecule has 0 aliphatic heterocycles. The van der Waals surface area contributed by atoms with Crippen LogP contribution in [-0.4, -0.2) is 8.80 Å². The zero-order valence-electron chi connectivity index (χ0n) is 35.1. The van der Waals surface area contributed by atoms with Gasteiger partial charge in [0.1, 0.15) is 0 Å². The highest BCUT2D eigenvalue weighted by molar-refractivity contribution is 6.29. The van der Waals surface area contributed by atoms with Gasteiger partial charge >= 0.3 is 0 Å². The zero-order valence-corrected chi connectivity index (χ0v) is 35.1. The molecule has 4 heterocycles. The van der Waals surface area contributed by atoms with E-state index in [9.17, 15) is 0 Å². The van der Waals surface area contributed by atoms with Crippen LogP contribution in [0.25, 0.3) is 76.2 Å². The molecule has 294 valence electrons. The van der Waals surface area contributed by atoms with Crippen LogP contribution in [0.1, 0.15) is 22.3 Å². The van der Waals surface area contributed by atoms with Crippen LogP contribution in [0.15, 0.2) is 182 Å². The first kappa shape index (κ1) is 35.0. The summed E-state index contributed by atoms with van der Waals surface area (Å²) in [7, 11) is 0. The summed E-state index contributed by atoms with van der Waals surface area (Å²) in [4.78, 5) is 4.76. The lowest BCUT2D eigenvalue weighted by molar-refractivity contribution is 1.27. The van der Waals surface area contributed by atoms with E-state index in [4.69, 9.17) is 0 Å². The van der Waals surface area contributed by atoms with Gasteiger partial charge in [-0.05, 0) is 125 Å². The second kappa shape index (κ2) is 12.8. The van der Waals surface area contributed by atoms with E-state index in [-0.39, 0.29) is 0 Å². The van der Waals surface area contributed by atoms with Crippen LogP contribution in [0.5, 0.6) is 0 Å². The van der Waals surface area contributed by atoms with Gasteiger partial charge in [0, 0.05) is 77.2 Å². The summed E-state index contributed by atoms with van der Waals surface area (Å²) in [5.41, 5.74) is 19.4. The molecule has 13 rings (SSSR count). The van der Waals surface area contributed by atoms with Crippen LogP contribution < -0.4 is 9.80 Å². The Morgan fingerprint density at radius 1 is 0.258 bits per heavy atom. The summed E-state index contributed by atoms with van der Waals surface area (Å²) in [5.74, 6) is 0. The highest BCUT2D eigenvalue weighted by Crippen LogP contribution is 2.47. The molecule has 13 aromatic rings. The Labute approximate surface area is 359 Å². The summed E-state index contributed by atoms with van der Waals surface area (Å²) in [6, 6.07) is 68.1. The molecule has 0 saturated heterocycles. The minimum absolute atomic E-state index is 1.14. The van der Waals surface area contributed by atoms with Crippen molar-refractivity contribution in [3.63, 3.8) is 0 Å². The zero-order chi connectivity index (χ0) is 41.4. The lowest BCUT2D eigenvalue weighted by Crippen LogP contribution is -2.09. The predicted molar refractivity (Wildman–Crippen MR) is 264 cm³/mol. The topological polar surface area (TPSA) is 15.3 Å². The molecule has 4 nitrogen and oxygen atoms in total. The molecule has 4 heteroatoms. The van der Waals surface area contributed by atoms with Gasteiger partial charge in [0.15, 0.2) is 0 Å². The average Bonchev–Trinajstić information content (AvgIpc) is 4.02. The Morgan fingerprint density at radius 3 is 0.839 bits per heavy atom. The predicted octanol–water partition coefficient (Wildman–Crippen LogP) is 16.2. The van der Waals surface area contributed by atoms with Crippen molar-refractivity contribution in [2.45, 2.75) is 27.7 Å². The maximum absolute atomic E-state index is 2.52. The molecule has 9 aromatic carbocycles. The number of hydrogen-bond acceptors (Lipinski definition) is 2. The number of aryl methyl sites for hydroxylation is 4. The number of hydrogen-bond donors (Lipinski definition) is 0. The van der Waals surface area contributed by atoms with E-state index in [1.54, 1.807) is 0 Å². The Morgan fingerprint density at radius 2 is 0.532 bits per heavy atom. The van der Waals surface area contributed by atoms with Crippen LogP contribution in [0.4, 0.5) is 34.1 Å². The maximum atomic E-state index is 2.52. The van der Waals surface area contributed by atoms with E-state index in [2.05, 4.69) is 228 Å². The monoisotopic (exact) mass is 794 g/mol. The molecule has 0 radical (unpaired) electrons. The van der Waals surface area contributed by atoms with Crippen LogP contribution in [0.3, 0.4) is 0 Å². The standard InChI is InChI=1S/C58H42N4/c1-35-11-19-39(20-12-35)59(40-21-13-36(2)14-22-40)43-27-29-53-49(31-43)45-7-5-9-47-51-34-56-52(33-55(51)61(53)57(45)47)48-10-6-8-46-50-32-44(28-30-54(50)62(56)58(46)48)60(41-23-15-37(3)16-24-41)42-25-17-38(4)18-26-42/h5-34H,1-4H3. The van der Waals surface area contributed by atoms with E-state index in [1.165, 1.54) is 98.4 Å². The summed E-state index contributed by atoms with van der Waals surface area (Å²) in [5, 5.41) is 10.2. The highest BCUT2D eigenvalue weighted by Gasteiger charge is 2.24. The normalized spacial score (nSPS) is 12.2. The van der Waals surface area contributed by atoms with Crippen LogP contribution >= 0.6 is 0 Å². The van der Waals surface area contributed by atoms with Crippen molar-refractivity contribution in [3.05, 3.63) is 204 Å². The summed E-state index contributed by atoms with van der Waals surface area (Å²) in [6.45, 7) is 8.59. The number of anilines is 6. The molecule has 4 aromatic heterocycles. The van der Waals surface area contributed by atoms with Crippen molar-refractivity contribution < 1.29 is 0 Å². The Hall–Kier alpha value is -7.82. The van der Waals surface area contributed by atoms with Crippen molar-refractivity contribution in [2.75, 3.05) is 9.80 Å².